The van der Waals surface area contributed by atoms with Crippen molar-refractivity contribution >= 4 is 57.4 Å². The van der Waals surface area contributed by atoms with Crippen molar-refractivity contribution in [2.75, 3.05) is 50.6 Å². The molecule has 1 saturated heterocycles. The number of amides is 1. The van der Waals surface area contributed by atoms with Gasteiger partial charge in [-0.1, -0.05) is 11.6 Å². The third kappa shape index (κ3) is 4.76. The molecule has 1 aliphatic rings. The monoisotopic (exact) mass is 513 g/mol. The molecule has 0 radical (unpaired) electrons. The Morgan fingerprint density at radius 3 is 2.50 bits per heavy atom. The summed E-state index contributed by atoms with van der Waals surface area (Å²) < 4.78 is 5.73. The van der Waals surface area contributed by atoms with Crippen LogP contribution in [-0.4, -0.2) is 57.1 Å². The number of halogens is 2. The standard InChI is InChI=1S/C20H21ClIN3O3/c1-24-7-9-25(10-8-24)18-6-3-13(20(27)28-2)11-17(18)23-19(26)15-12-14(22)4-5-16(15)21/h3-6,11-12H,7-10H2,1-2H3,(H,23,26). The molecular formula is C20H21ClIN3O3. The Morgan fingerprint density at radius 2 is 1.82 bits per heavy atom. The fraction of sp³-hybridized carbons (Fsp3) is 0.300. The van der Waals surface area contributed by atoms with E-state index >= 15 is 0 Å². The summed E-state index contributed by atoms with van der Waals surface area (Å²) in [6.45, 7) is 3.52. The number of anilines is 2. The number of esters is 1. The average Bonchev–Trinajstić information content (AvgIpc) is 2.69. The summed E-state index contributed by atoms with van der Waals surface area (Å²) in [5.41, 5.74) is 2.20. The Balaban J connectivity index is 1.95. The Morgan fingerprint density at radius 1 is 1.11 bits per heavy atom. The van der Waals surface area contributed by atoms with Crippen LogP contribution in [0.3, 0.4) is 0 Å². The molecular weight excluding hydrogens is 493 g/mol. The molecule has 0 aromatic heterocycles. The minimum absolute atomic E-state index is 0.319. The highest BCUT2D eigenvalue weighted by Gasteiger charge is 2.21. The van der Waals surface area contributed by atoms with Gasteiger partial charge in [0.25, 0.3) is 5.91 Å². The van der Waals surface area contributed by atoms with Crippen LogP contribution in [0.25, 0.3) is 0 Å². The molecule has 2 aromatic rings. The lowest BCUT2D eigenvalue weighted by Crippen LogP contribution is -2.44. The summed E-state index contributed by atoms with van der Waals surface area (Å²) in [5.74, 6) is -0.770. The van der Waals surface area contributed by atoms with E-state index in [4.69, 9.17) is 16.3 Å². The van der Waals surface area contributed by atoms with Crippen molar-refractivity contribution < 1.29 is 14.3 Å². The van der Waals surface area contributed by atoms with Crippen molar-refractivity contribution in [2.24, 2.45) is 0 Å². The predicted octanol–water partition coefficient (Wildman–Crippen LogP) is 3.74. The van der Waals surface area contributed by atoms with Crippen molar-refractivity contribution in [3.05, 3.63) is 56.1 Å². The Labute approximate surface area is 182 Å². The van der Waals surface area contributed by atoms with Gasteiger partial charge in [-0.25, -0.2) is 4.79 Å². The molecule has 1 aliphatic heterocycles. The number of nitrogens with one attached hydrogen (secondary N) is 1. The van der Waals surface area contributed by atoms with E-state index in [-0.39, 0.29) is 5.91 Å². The zero-order valence-corrected chi connectivity index (χ0v) is 18.6. The van der Waals surface area contributed by atoms with Crippen LogP contribution in [0.2, 0.25) is 5.02 Å². The first-order valence-corrected chi connectivity index (χ1v) is 10.3. The van der Waals surface area contributed by atoms with Gasteiger partial charge in [-0.15, -0.1) is 0 Å². The highest BCUT2D eigenvalue weighted by Crippen LogP contribution is 2.30. The SMILES string of the molecule is COC(=O)c1ccc(N2CCN(C)CC2)c(NC(=O)c2cc(I)ccc2Cl)c1. The van der Waals surface area contributed by atoms with Crippen LogP contribution in [0, 0.1) is 3.57 Å². The Hall–Kier alpha value is -1.84. The zero-order valence-electron chi connectivity index (χ0n) is 15.7. The summed E-state index contributed by atoms with van der Waals surface area (Å²) in [4.78, 5) is 29.3. The fourth-order valence-corrected chi connectivity index (χ4v) is 3.76. The van der Waals surface area contributed by atoms with Gasteiger partial charge in [-0.3, -0.25) is 4.79 Å². The molecule has 2 aromatic carbocycles. The molecule has 0 aliphatic carbocycles. The highest BCUT2D eigenvalue weighted by atomic mass is 127. The minimum Gasteiger partial charge on any atom is -0.465 e. The van der Waals surface area contributed by atoms with Crippen LogP contribution in [0.15, 0.2) is 36.4 Å². The molecule has 0 atom stereocenters. The number of methoxy groups -OCH3 is 1. The van der Waals surface area contributed by atoms with Gasteiger partial charge in [0.1, 0.15) is 0 Å². The molecule has 0 spiro atoms. The van der Waals surface area contributed by atoms with Crippen molar-refractivity contribution in [2.45, 2.75) is 0 Å². The van der Waals surface area contributed by atoms with Crippen molar-refractivity contribution in [3.63, 3.8) is 0 Å². The zero-order chi connectivity index (χ0) is 20.3. The second kappa shape index (κ2) is 9.11. The van der Waals surface area contributed by atoms with Crippen LogP contribution in [0.1, 0.15) is 20.7 Å². The number of hydrogen-bond acceptors (Lipinski definition) is 5. The van der Waals surface area contributed by atoms with E-state index in [1.807, 2.05) is 12.1 Å². The number of carbonyl (C=O) groups is 2. The summed E-state index contributed by atoms with van der Waals surface area (Å²) in [6.07, 6.45) is 0. The van der Waals surface area contributed by atoms with E-state index in [2.05, 4.69) is 44.8 Å². The van der Waals surface area contributed by atoms with Gasteiger partial charge in [0.05, 0.1) is 34.6 Å². The first-order valence-electron chi connectivity index (χ1n) is 8.81. The molecule has 148 valence electrons. The smallest absolute Gasteiger partial charge is 0.337 e. The molecule has 8 heteroatoms. The number of likely N-dealkylation sites (N-methyl/N-ethyl adjacent to an activating group) is 1. The molecule has 6 nitrogen and oxygen atoms in total. The van der Waals surface area contributed by atoms with E-state index in [1.54, 1.807) is 24.3 Å². The van der Waals surface area contributed by atoms with Gasteiger partial charge in [0, 0.05) is 29.7 Å². The lowest BCUT2D eigenvalue weighted by atomic mass is 10.1. The number of ether oxygens (including phenoxy) is 1. The molecule has 0 saturated carbocycles. The Kier molecular flexibility index (Phi) is 6.79. The topological polar surface area (TPSA) is 61.9 Å². The maximum absolute atomic E-state index is 12.9. The van der Waals surface area contributed by atoms with Crippen molar-refractivity contribution in [1.29, 1.82) is 0 Å². The minimum atomic E-state index is -0.451. The first kappa shape index (κ1) is 20.9. The van der Waals surface area contributed by atoms with E-state index in [9.17, 15) is 9.59 Å². The maximum Gasteiger partial charge on any atom is 0.337 e. The van der Waals surface area contributed by atoms with Gasteiger partial charge in [0.2, 0.25) is 0 Å². The molecule has 28 heavy (non-hydrogen) atoms. The number of rotatable bonds is 4. The number of benzene rings is 2. The summed E-state index contributed by atoms with van der Waals surface area (Å²) in [7, 11) is 3.42. The van der Waals surface area contributed by atoms with Crippen molar-refractivity contribution in [1.82, 2.24) is 4.90 Å². The molecule has 1 fully saturated rings. The van der Waals surface area contributed by atoms with Gasteiger partial charge in [0.15, 0.2) is 0 Å². The molecule has 0 bridgehead atoms. The van der Waals surface area contributed by atoms with E-state index in [1.165, 1.54) is 7.11 Å². The highest BCUT2D eigenvalue weighted by molar-refractivity contribution is 14.1. The molecule has 1 amide bonds. The van der Waals surface area contributed by atoms with Gasteiger partial charge in [-0.2, -0.15) is 0 Å². The predicted molar refractivity (Wildman–Crippen MR) is 120 cm³/mol. The van der Waals surface area contributed by atoms with E-state index in [0.29, 0.717) is 21.8 Å². The third-order valence-corrected chi connectivity index (χ3v) is 5.68. The number of hydrogen-bond donors (Lipinski definition) is 1. The molecule has 0 unspecified atom stereocenters. The largest absolute Gasteiger partial charge is 0.465 e. The number of carbonyl (C=O) groups excluding carboxylic acids is 2. The molecule has 1 N–H and O–H groups in total. The van der Waals surface area contributed by atoms with Gasteiger partial charge >= 0.3 is 5.97 Å². The molecule has 3 rings (SSSR count). The quantitative estimate of drug-likeness (QED) is 0.499. The maximum atomic E-state index is 12.9. The fourth-order valence-electron chi connectivity index (χ4n) is 3.07. The van der Waals surface area contributed by atoms with Crippen LogP contribution in [0.4, 0.5) is 11.4 Å². The summed E-state index contributed by atoms with van der Waals surface area (Å²) >= 11 is 8.35. The van der Waals surface area contributed by atoms with Crippen LogP contribution >= 0.6 is 34.2 Å². The average molecular weight is 514 g/mol. The van der Waals surface area contributed by atoms with Gasteiger partial charge < -0.3 is 19.9 Å². The second-order valence-electron chi connectivity index (χ2n) is 6.59. The second-order valence-corrected chi connectivity index (χ2v) is 8.24. The van der Waals surface area contributed by atoms with Crippen LogP contribution < -0.4 is 10.2 Å². The lowest BCUT2D eigenvalue weighted by Gasteiger charge is -2.35. The van der Waals surface area contributed by atoms with Crippen molar-refractivity contribution in [3.8, 4) is 0 Å². The number of nitrogens with zero attached hydrogens (tertiary/aromatic N) is 2. The first-order chi connectivity index (χ1) is 13.4. The summed E-state index contributed by atoms with van der Waals surface area (Å²) in [5, 5.41) is 3.31. The lowest BCUT2D eigenvalue weighted by molar-refractivity contribution is 0.0600. The van der Waals surface area contributed by atoms with Crippen LogP contribution in [0.5, 0.6) is 0 Å². The number of piperazine rings is 1. The third-order valence-electron chi connectivity index (χ3n) is 4.68. The Bertz CT molecular complexity index is 898. The molecule has 1 heterocycles. The summed E-state index contributed by atoms with van der Waals surface area (Å²) in [6, 6.07) is 10.5. The van der Waals surface area contributed by atoms with Gasteiger partial charge in [-0.05, 0) is 66.0 Å². The van der Waals surface area contributed by atoms with E-state index in [0.717, 1.165) is 35.4 Å². The normalized spacial score (nSPS) is 14.6. The van der Waals surface area contributed by atoms with E-state index < -0.39 is 5.97 Å². The van der Waals surface area contributed by atoms with Crippen LogP contribution in [-0.2, 0) is 4.74 Å².